The van der Waals surface area contributed by atoms with Crippen molar-refractivity contribution in [2.75, 3.05) is 43.4 Å². The molecule has 0 bridgehead atoms. The number of amides is 2. The van der Waals surface area contributed by atoms with Crippen molar-refractivity contribution in [3.8, 4) is 11.1 Å². The highest BCUT2D eigenvalue weighted by molar-refractivity contribution is 7.08. The summed E-state index contributed by atoms with van der Waals surface area (Å²) >= 11 is 1.50. The molecule has 0 aliphatic carbocycles. The number of carbonyl (C=O) groups is 2. The highest BCUT2D eigenvalue weighted by atomic mass is 32.1. The summed E-state index contributed by atoms with van der Waals surface area (Å²) in [5.74, 6) is -0.227. The topological polar surface area (TPSA) is 64.7 Å². The van der Waals surface area contributed by atoms with Crippen LogP contribution in [0.4, 0.5) is 11.4 Å². The fourth-order valence-corrected chi connectivity index (χ4v) is 5.22. The second-order valence-electron chi connectivity index (χ2n) is 9.71. The highest BCUT2D eigenvalue weighted by Crippen LogP contribution is 2.27. The Kier molecular flexibility index (Phi) is 7.86. The summed E-state index contributed by atoms with van der Waals surface area (Å²) in [4.78, 5) is 30.0. The molecule has 1 aliphatic heterocycles. The average Bonchev–Trinajstić information content (AvgIpc) is 3.49. The van der Waals surface area contributed by atoms with Crippen LogP contribution in [0.15, 0.2) is 83.6 Å². The molecular formula is C31H32N4O2S. The molecule has 0 unspecified atom stereocenters. The zero-order chi connectivity index (χ0) is 26.5. The number of hydrogen-bond acceptors (Lipinski definition) is 5. The minimum Gasteiger partial charge on any atom is -0.369 e. The van der Waals surface area contributed by atoms with Crippen LogP contribution in [0.3, 0.4) is 0 Å². The number of nitrogens with one attached hydrogen (secondary N) is 2. The zero-order valence-electron chi connectivity index (χ0n) is 21.7. The lowest BCUT2D eigenvalue weighted by atomic mass is 9.98. The van der Waals surface area contributed by atoms with E-state index >= 15 is 0 Å². The number of nitrogens with zero attached hydrogens (tertiary/aromatic N) is 2. The molecule has 0 atom stereocenters. The first-order chi connectivity index (χ1) is 18.5. The fourth-order valence-electron chi connectivity index (χ4n) is 4.58. The van der Waals surface area contributed by atoms with Crippen molar-refractivity contribution in [2.24, 2.45) is 0 Å². The zero-order valence-corrected chi connectivity index (χ0v) is 22.6. The Balaban J connectivity index is 1.19. The minimum absolute atomic E-state index is 0.104. The van der Waals surface area contributed by atoms with Crippen LogP contribution in [0, 0.1) is 6.92 Å². The molecule has 194 valence electrons. The predicted octanol–water partition coefficient (Wildman–Crippen LogP) is 5.66. The second kappa shape index (κ2) is 11.6. The number of aryl methyl sites for hydroxylation is 1. The van der Waals surface area contributed by atoms with Crippen molar-refractivity contribution in [1.82, 2.24) is 10.2 Å². The van der Waals surface area contributed by atoms with Gasteiger partial charge in [0.15, 0.2) is 0 Å². The van der Waals surface area contributed by atoms with Crippen LogP contribution in [-0.2, 0) is 6.54 Å². The van der Waals surface area contributed by atoms with Crippen molar-refractivity contribution >= 4 is 34.5 Å². The van der Waals surface area contributed by atoms with Gasteiger partial charge in [-0.1, -0.05) is 30.3 Å². The summed E-state index contributed by atoms with van der Waals surface area (Å²) in [6.07, 6.45) is 0. The number of anilines is 2. The molecule has 1 aliphatic rings. The standard InChI is InChI=1S/C31H32N4O2S/c1-22-3-10-27(33-31(37)26-13-18-38-21-26)19-29(22)24-6-8-25(9-7-24)30(36)32-20-23-4-11-28(12-5-23)35-16-14-34(2)15-17-35/h3-13,18-19,21H,14-17,20H2,1-2H3,(H,32,36)(H,33,37). The molecule has 6 nitrogen and oxygen atoms in total. The Morgan fingerprint density at radius 2 is 1.58 bits per heavy atom. The van der Waals surface area contributed by atoms with Gasteiger partial charge in [0.2, 0.25) is 0 Å². The fraction of sp³-hybridized carbons (Fsp3) is 0.226. The van der Waals surface area contributed by atoms with E-state index in [1.54, 1.807) is 0 Å². The first-order valence-corrected chi connectivity index (χ1v) is 13.8. The van der Waals surface area contributed by atoms with E-state index in [0.717, 1.165) is 54.1 Å². The SMILES string of the molecule is Cc1ccc(NC(=O)c2ccsc2)cc1-c1ccc(C(=O)NCc2ccc(N3CCN(C)CC3)cc2)cc1. The molecule has 1 fully saturated rings. The maximum Gasteiger partial charge on any atom is 0.256 e. The summed E-state index contributed by atoms with van der Waals surface area (Å²) in [6.45, 7) is 6.75. The third-order valence-corrected chi connectivity index (χ3v) is 7.68. The van der Waals surface area contributed by atoms with E-state index in [1.165, 1.54) is 17.0 Å². The summed E-state index contributed by atoms with van der Waals surface area (Å²) in [5.41, 5.74) is 7.41. The largest absolute Gasteiger partial charge is 0.369 e. The van der Waals surface area contributed by atoms with Gasteiger partial charge in [-0.3, -0.25) is 9.59 Å². The van der Waals surface area contributed by atoms with E-state index in [0.29, 0.717) is 17.7 Å². The molecule has 38 heavy (non-hydrogen) atoms. The van der Waals surface area contributed by atoms with Gasteiger partial charge >= 0.3 is 0 Å². The van der Waals surface area contributed by atoms with Crippen molar-refractivity contribution in [3.63, 3.8) is 0 Å². The quantitative estimate of drug-likeness (QED) is 0.328. The number of hydrogen-bond donors (Lipinski definition) is 2. The van der Waals surface area contributed by atoms with Gasteiger partial charge in [0.05, 0.1) is 5.56 Å². The van der Waals surface area contributed by atoms with Gasteiger partial charge in [0, 0.05) is 55.0 Å². The van der Waals surface area contributed by atoms with Crippen molar-refractivity contribution in [2.45, 2.75) is 13.5 Å². The molecule has 4 aromatic rings. The summed E-state index contributed by atoms with van der Waals surface area (Å²) in [7, 11) is 2.16. The van der Waals surface area contributed by atoms with Gasteiger partial charge in [0.1, 0.15) is 0 Å². The lowest BCUT2D eigenvalue weighted by molar-refractivity contribution is 0.0950. The Hall–Kier alpha value is -3.94. The molecule has 5 rings (SSSR count). The molecule has 2 amide bonds. The second-order valence-corrected chi connectivity index (χ2v) is 10.5. The van der Waals surface area contributed by atoms with Crippen molar-refractivity contribution in [3.05, 3.63) is 106 Å². The third-order valence-electron chi connectivity index (χ3n) is 6.99. The summed E-state index contributed by atoms with van der Waals surface area (Å²) in [6, 6.07) is 23.7. The van der Waals surface area contributed by atoms with E-state index in [2.05, 4.69) is 51.7 Å². The molecule has 2 heterocycles. The van der Waals surface area contributed by atoms with Gasteiger partial charge in [-0.2, -0.15) is 11.3 Å². The van der Waals surface area contributed by atoms with Crippen molar-refractivity contribution < 1.29 is 9.59 Å². The number of thiophene rings is 1. The molecule has 1 saturated heterocycles. The summed E-state index contributed by atoms with van der Waals surface area (Å²) in [5, 5.41) is 9.71. The van der Waals surface area contributed by atoms with Crippen molar-refractivity contribution in [1.29, 1.82) is 0 Å². The molecule has 1 aromatic heterocycles. The predicted molar refractivity (Wildman–Crippen MR) is 156 cm³/mol. The van der Waals surface area contributed by atoms with Crippen LogP contribution in [0.25, 0.3) is 11.1 Å². The number of likely N-dealkylation sites (N-methyl/N-ethyl adjacent to an activating group) is 1. The van der Waals surface area contributed by atoms with Crippen LogP contribution in [0.5, 0.6) is 0 Å². The molecule has 0 radical (unpaired) electrons. The van der Waals surface area contributed by atoms with Crippen LogP contribution < -0.4 is 15.5 Å². The van der Waals surface area contributed by atoms with E-state index in [1.807, 2.05) is 66.2 Å². The van der Waals surface area contributed by atoms with E-state index in [-0.39, 0.29) is 11.8 Å². The Morgan fingerprint density at radius 1 is 0.842 bits per heavy atom. The maximum atomic E-state index is 12.8. The minimum atomic E-state index is -0.123. The molecule has 0 spiro atoms. The first kappa shape index (κ1) is 25.7. The lowest BCUT2D eigenvalue weighted by Crippen LogP contribution is -2.44. The Bertz CT molecular complexity index is 1390. The smallest absolute Gasteiger partial charge is 0.256 e. The highest BCUT2D eigenvalue weighted by Gasteiger charge is 2.14. The van der Waals surface area contributed by atoms with Crippen LogP contribution in [-0.4, -0.2) is 49.9 Å². The monoisotopic (exact) mass is 524 g/mol. The number of benzene rings is 3. The lowest BCUT2D eigenvalue weighted by Gasteiger charge is -2.34. The van der Waals surface area contributed by atoms with E-state index in [4.69, 9.17) is 0 Å². The number of rotatable bonds is 7. The Morgan fingerprint density at radius 3 is 2.26 bits per heavy atom. The molecule has 7 heteroatoms. The van der Waals surface area contributed by atoms with Gasteiger partial charge in [0.25, 0.3) is 11.8 Å². The van der Waals surface area contributed by atoms with Crippen LogP contribution >= 0.6 is 11.3 Å². The van der Waals surface area contributed by atoms with Gasteiger partial charge in [-0.25, -0.2) is 0 Å². The molecular weight excluding hydrogens is 492 g/mol. The van der Waals surface area contributed by atoms with Crippen LogP contribution in [0.2, 0.25) is 0 Å². The normalized spacial score (nSPS) is 13.8. The molecule has 2 N–H and O–H groups in total. The number of carbonyl (C=O) groups excluding carboxylic acids is 2. The van der Waals surface area contributed by atoms with E-state index in [9.17, 15) is 9.59 Å². The third kappa shape index (κ3) is 6.13. The van der Waals surface area contributed by atoms with E-state index < -0.39 is 0 Å². The van der Waals surface area contributed by atoms with Gasteiger partial charge in [-0.15, -0.1) is 0 Å². The van der Waals surface area contributed by atoms with Gasteiger partial charge < -0.3 is 20.4 Å². The maximum absolute atomic E-state index is 12.8. The molecule has 3 aromatic carbocycles. The average molecular weight is 525 g/mol. The Labute approximate surface area is 227 Å². The van der Waals surface area contributed by atoms with Gasteiger partial charge in [-0.05, 0) is 84.1 Å². The summed E-state index contributed by atoms with van der Waals surface area (Å²) < 4.78 is 0. The van der Waals surface area contributed by atoms with Crippen LogP contribution in [0.1, 0.15) is 31.8 Å². The number of piperazine rings is 1. The first-order valence-electron chi connectivity index (χ1n) is 12.8. The molecule has 0 saturated carbocycles.